The highest BCUT2D eigenvalue weighted by Crippen LogP contribution is 2.39. The predicted molar refractivity (Wildman–Crippen MR) is 111 cm³/mol. The number of benzene rings is 2. The number of hydrogen-bond donors (Lipinski definition) is 1. The molecule has 148 valence electrons. The van der Waals surface area contributed by atoms with Crippen LogP contribution in [0.3, 0.4) is 0 Å². The van der Waals surface area contributed by atoms with Gasteiger partial charge in [-0.25, -0.2) is 4.39 Å². The molecule has 2 N–H and O–H groups in total. The standard InChI is InChI=1S/C22H23FN6/c1-14-3-8-18(15-4-6-17(23)7-5-15)20(19(14)13-24)29-11-9-16(10-12-29)21-26-27-22(25)28(21)2/h3-8,16H,9-12H2,1-2H3,(H2,25,27). The molecule has 0 atom stereocenters. The SMILES string of the molecule is Cc1ccc(-c2ccc(F)cc2)c(N2CCC(c3nnc(N)n3C)CC2)c1C#N. The molecule has 0 unspecified atom stereocenters. The molecular formula is C22H23FN6. The molecule has 1 saturated heterocycles. The molecule has 0 amide bonds. The van der Waals surface area contributed by atoms with Gasteiger partial charge in [-0.3, -0.25) is 0 Å². The molecule has 1 fully saturated rings. The molecule has 2 heterocycles. The fraction of sp³-hybridized carbons (Fsp3) is 0.318. The molecule has 7 heteroatoms. The van der Waals surface area contributed by atoms with E-state index < -0.39 is 0 Å². The first-order valence-corrected chi connectivity index (χ1v) is 9.69. The molecule has 0 bridgehead atoms. The van der Waals surface area contributed by atoms with E-state index in [9.17, 15) is 9.65 Å². The molecular weight excluding hydrogens is 367 g/mol. The maximum Gasteiger partial charge on any atom is 0.221 e. The fourth-order valence-corrected chi connectivity index (χ4v) is 4.09. The molecule has 1 aromatic heterocycles. The van der Waals surface area contributed by atoms with E-state index in [2.05, 4.69) is 21.2 Å². The van der Waals surface area contributed by atoms with E-state index in [-0.39, 0.29) is 11.7 Å². The molecule has 6 nitrogen and oxygen atoms in total. The Morgan fingerprint density at radius 1 is 1.10 bits per heavy atom. The summed E-state index contributed by atoms with van der Waals surface area (Å²) in [5.41, 5.74) is 10.2. The van der Waals surface area contributed by atoms with Crippen molar-refractivity contribution in [3.63, 3.8) is 0 Å². The lowest BCUT2D eigenvalue weighted by Crippen LogP contribution is -2.34. The smallest absolute Gasteiger partial charge is 0.221 e. The average Bonchev–Trinajstić information content (AvgIpc) is 3.07. The van der Waals surface area contributed by atoms with Gasteiger partial charge in [0.25, 0.3) is 0 Å². The molecule has 1 aliphatic rings. The fourth-order valence-electron chi connectivity index (χ4n) is 4.09. The summed E-state index contributed by atoms with van der Waals surface area (Å²) in [6.45, 7) is 3.54. The van der Waals surface area contributed by atoms with Crippen molar-refractivity contribution in [1.29, 1.82) is 5.26 Å². The van der Waals surface area contributed by atoms with Crippen molar-refractivity contribution >= 4 is 11.6 Å². The molecule has 0 radical (unpaired) electrons. The maximum absolute atomic E-state index is 13.4. The molecule has 0 saturated carbocycles. The Balaban J connectivity index is 1.68. The van der Waals surface area contributed by atoms with Crippen molar-refractivity contribution in [2.45, 2.75) is 25.7 Å². The third kappa shape index (κ3) is 3.42. The largest absolute Gasteiger partial charge is 0.370 e. The van der Waals surface area contributed by atoms with Crippen LogP contribution in [0.5, 0.6) is 0 Å². The zero-order valence-corrected chi connectivity index (χ0v) is 16.6. The van der Waals surface area contributed by atoms with Crippen molar-refractivity contribution in [2.24, 2.45) is 7.05 Å². The number of rotatable bonds is 3. The van der Waals surface area contributed by atoms with E-state index in [1.807, 2.05) is 30.7 Å². The van der Waals surface area contributed by atoms with Crippen LogP contribution in [-0.2, 0) is 7.05 Å². The third-order valence-corrected chi connectivity index (χ3v) is 5.77. The maximum atomic E-state index is 13.4. The van der Waals surface area contributed by atoms with Gasteiger partial charge in [-0.15, -0.1) is 10.2 Å². The number of nitrogens with two attached hydrogens (primary N) is 1. The predicted octanol–water partition coefficient (Wildman–Crippen LogP) is 3.77. The van der Waals surface area contributed by atoms with Crippen LogP contribution in [0.15, 0.2) is 36.4 Å². The third-order valence-electron chi connectivity index (χ3n) is 5.77. The number of anilines is 2. The van der Waals surface area contributed by atoms with Crippen LogP contribution in [0.2, 0.25) is 0 Å². The number of aryl methyl sites for hydroxylation is 1. The van der Waals surface area contributed by atoms with Crippen LogP contribution in [0.4, 0.5) is 16.0 Å². The van der Waals surface area contributed by atoms with E-state index in [0.717, 1.165) is 54.1 Å². The van der Waals surface area contributed by atoms with Gasteiger partial charge in [-0.1, -0.05) is 24.3 Å². The van der Waals surface area contributed by atoms with Gasteiger partial charge in [0.1, 0.15) is 17.7 Å². The van der Waals surface area contributed by atoms with Crippen LogP contribution in [0, 0.1) is 24.1 Å². The summed E-state index contributed by atoms with van der Waals surface area (Å²) in [6, 6.07) is 12.8. The van der Waals surface area contributed by atoms with E-state index in [1.54, 1.807) is 12.1 Å². The number of nitrogen functional groups attached to an aromatic ring is 1. The van der Waals surface area contributed by atoms with E-state index in [1.165, 1.54) is 12.1 Å². The number of nitrogens with zero attached hydrogens (tertiary/aromatic N) is 5. The second-order valence-corrected chi connectivity index (χ2v) is 7.51. The summed E-state index contributed by atoms with van der Waals surface area (Å²) in [5.74, 6) is 1.34. The minimum absolute atomic E-state index is 0.272. The second-order valence-electron chi connectivity index (χ2n) is 7.51. The Labute approximate surface area is 169 Å². The van der Waals surface area contributed by atoms with E-state index in [0.29, 0.717) is 11.5 Å². The summed E-state index contributed by atoms with van der Waals surface area (Å²) in [6.07, 6.45) is 1.79. The van der Waals surface area contributed by atoms with E-state index in [4.69, 9.17) is 5.73 Å². The Morgan fingerprint density at radius 3 is 2.38 bits per heavy atom. The normalized spacial score (nSPS) is 14.8. The lowest BCUT2D eigenvalue weighted by Gasteiger charge is -2.35. The monoisotopic (exact) mass is 390 g/mol. The molecule has 2 aromatic carbocycles. The van der Waals surface area contributed by atoms with Gasteiger partial charge in [0, 0.05) is 31.6 Å². The summed E-state index contributed by atoms with van der Waals surface area (Å²) in [5, 5.41) is 18.1. The van der Waals surface area contributed by atoms with Crippen molar-refractivity contribution < 1.29 is 4.39 Å². The van der Waals surface area contributed by atoms with Crippen LogP contribution in [0.1, 0.15) is 35.7 Å². The molecule has 0 aliphatic carbocycles. The Bertz CT molecular complexity index is 1070. The van der Waals surface area contributed by atoms with Crippen LogP contribution in [0.25, 0.3) is 11.1 Å². The number of nitriles is 1. The highest BCUT2D eigenvalue weighted by Gasteiger charge is 2.28. The van der Waals surface area contributed by atoms with E-state index >= 15 is 0 Å². The number of hydrogen-bond acceptors (Lipinski definition) is 5. The van der Waals surface area contributed by atoms with Crippen LogP contribution >= 0.6 is 0 Å². The first kappa shape index (κ1) is 18.9. The Hall–Kier alpha value is -3.40. The second kappa shape index (κ2) is 7.55. The molecule has 1 aliphatic heterocycles. The lowest BCUT2D eigenvalue weighted by atomic mass is 9.91. The summed E-state index contributed by atoms with van der Waals surface area (Å²) >= 11 is 0. The number of halogens is 1. The molecule has 4 rings (SSSR count). The average molecular weight is 390 g/mol. The minimum Gasteiger partial charge on any atom is -0.370 e. The van der Waals surface area contributed by atoms with Gasteiger partial charge < -0.3 is 15.2 Å². The topological polar surface area (TPSA) is 83.8 Å². The first-order valence-electron chi connectivity index (χ1n) is 9.69. The molecule has 0 spiro atoms. The van der Waals surface area contributed by atoms with Crippen LogP contribution in [-0.4, -0.2) is 27.9 Å². The van der Waals surface area contributed by atoms with Gasteiger partial charge in [-0.2, -0.15) is 5.26 Å². The minimum atomic E-state index is -0.272. The summed E-state index contributed by atoms with van der Waals surface area (Å²) < 4.78 is 15.3. The first-order chi connectivity index (χ1) is 14.0. The number of piperidine rings is 1. The highest BCUT2D eigenvalue weighted by atomic mass is 19.1. The summed E-state index contributed by atoms with van der Waals surface area (Å²) in [4.78, 5) is 2.26. The lowest BCUT2D eigenvalue weighted by molar-refractivity contribution is 0.474. The van der Waals surface area contributed by atoms with Gasteiger partial charge in [0.2, 0.25) is 5.95 Å². The summed E-state index contributed by atoms with van der Waals surface area (Å²) in [7, 11) is 1.89. The Morgan fingerprint density at radius 2 is 1.79 bits per heavy atom. The van der Waals surface area contributed by atoms with Gasteiger partial charge in [0.15, 0.2) is 0 Å². The molecule has 29 heavy (non-hydrogen) atoms. The zero-order valence-electron chi connectivity index (χ0n) is 16.6. The van der Waals surface area contributed by atoms with Crippen molar-refractivity contribution in [3.8, 4) is 17.2 Å². The van der Waals surface area contributed by atoms with Gasteiger partial charge in [0.05, 0.1) is 11.3 Å². The molecule has 3 aromatic rings. The Kier molecular flexibility index (Phi) is 4.93. The van der Waals surface area contributed by atoms with Gasteiger partial charge >= 0.3 is 0 Å². The zero-order chi connectivity index (χ0) is 20.5. The quantitative estimate of drug-likeness (QED) is 0.736. The van der Waals surface area contributed by atoms with Crippen molar-refractivity contribution in [3.05, 3.63) is 59.2 Å². The van der Waals surface area contributed by atoms with Gasteiger partial charge in [-0.05, 0) is 43.0 Å². The number of aromatic nitrogens is 3. The van der Waals surface area contributed by atoms with Crippen molar-refractivity contribution in [1.82, 2.24) is 14.8 Å². The van der Waals surface area contributed by atoms with Crippen molar-refractivity contribution in [2.75, 3.05) is 23.7 Å². The highest BCUT2D eigenvalue weighted by molar-refractivity contribution is 5.84. The van der Waals surface area contributed by atoms with Crippen LogP contribution < -0.4 is 10.6 Å².